The minimum absolute atomic E-state index is 0. The molecule has 0 atom stereocenters. The van der Waals surface area contributed by atoms with Gasteiger partial charge in [-0.2, -0.15) is 0 Å². The van der Waals surface area contributed by atoms with Crippen LogP contribution in [0.1, 0.15) is 161 Å². The van der Waals surface area contributed by atoms with Crippen molar-refractivity contribution in [2.24, 2.45) is 16.7 Å². The fourth-order valence-corrected chi connectivity index (χ4v) is 10.9. The number of ketones is 1. The van der Waals surface area contributed by atoms with Crippen LogP contribution in [-0.4, -0.2) is 15.9 Å². The van der Waals surface area contributed by atoms with Crippen LogP contribution in [0, 0.1) is 29.7 Å². The maximum Gasteiger partial charge on any atom is 0.162 e. The third kappa shape index (κ3) is 9.91. The molecule has 0 aliphatic heterocycles. The monoisotopic (exact) mass is 975 g/mol. The molecule has 0 bridgehead atoms. The third-order valence-electron chi connectivity index (χ3n) is 14.1. The first-order valence-electron chi connectivity index (χ1n) is 22.2. The molecule has 0 unspecified atom stereocenters. The second kappa shape index (κ2) is 19.5. The van der Waals surface area contributed by atoms with Crippen LogP contribution in [0.5, 0.6) is 0 Å². The van der Waals surface area contributed by atoms with Crippen LogP contribution in [0.2, 0.25) is 0 Å². The number of benzene rings is 3. The molecule has 2 heterocycles. The SMILES string of the molecule is CCC(CC)C(=O)/C=C(\O)C(C)(CC)CC.Cc1c(-c2ccc(C3CCC4(CCCCC4)CC3)cc2)sc2c(-c3[c-]c4ccccc4c(C(C)(C)C)c3)nccc12.[Ir]. The first kappa shape index (κ1) is 46.0. The summed E-state index contributed by atoms with van der Waals surface area (Å²) in [5.74, 6) is 1.10. The summed E-state index contributed by atoms with van der Waals surface area (Å²) in [7, 11) is 0. The Balaban J connectivity index is 0.000000323. The maximum absolute atomic E-state index is 11.9. The van der Waals surface area contributed by atoms with Crippen molar-refractivity contribution in [3.63, 3.8) is 0 Å². The molecule has 1 spiro atoms. The maximum atomic E-state index is 11.9. The van der Waals surface area contributed by atoms with E-state index in [0.717, 1.165) is 48.2 Å². The van der Waals surface area contributed by atoms with Gasteiger partial charge in [0, 0.05) is 59.0 Å². The molecule has 2 saturated carbocycles. The van der Waals surface area contributed by atoms with Crippen molar-refractivity contribution in [2.45, 2.75) is 157 Å². The van der Waals surface area contributed by atoms with Crippen molar-refractivity contribution in [1.29, 1.82) is 0 Å². The Morgan fingerprint density at radius 3 is 2.14 bits per heavy atom. The number of thiophene rings is 1. The third-order valence-corrected chi connectivity index (χ3v) is 15.5. The van der Waals surface area contributed by atoms with E-state index in [1.165, 1.54) is 101 Å². The molecule has 5 heteroatoms. The minimum atomic E-state index is -0.248. The molecule has 313 valence electrons. The Morgan fingerprint density at radius 1 is 0.897 bits per heavy atom. The van der Waals surface area contributed by atoms with Crippen molar-refractivity contribution in [2.75, 3.05) is 0 Å². The van der Waals surface area contributed by atoms with Gasteiger partial charge < -0.3 is 5.11 Å². The summed E-state index contributed by atoms with van der Waals surface area (Å²) in [5, 5.41) is 13.8. The Bertz CT molecular complexity index is 2160. The minimum Gasteiger partial charge on any atom is -0.512 e. The second-order valence-electron chi connectivity index (χ2n) is 18.7. The average Bonchev–Trinajstić information content (AvgIpc) is 3.57. The average molecular weight is 975 g/mol. The van der Waals surface area contributed by atoms with Crippen molar-refractivity contribution < 1.29 is 30.0 Å². The van der Waals surface area contributed by atoms with Gasteiger partial charge in [0.1, 0.15) is 5.76 Å². The Kier molecular flexibility index (Phi) is 15.5. The number of aliphatic hydroxyl groups is 1. The van der Waals surface area contributed by atoms with E-state index in [0.29, 0.717) is 5.41 Å². The van der Waals surface area contributed by atoms with Crippen LogP contribution < -0.4 is 0 Å². The number of aliphatic hydroxyl groups excluding tert-OH is 1. The molecule has 1 N–H and O–H groups in total. The van der Waals surface area contributed by atoms with Gasteiger partial charge in [0.05, 0.1) is 0 Å². The van der Waals surface area contributed by atoms with Crippen LogP contribution in [0.4, 0.5) is 0 Å². The van der Waals surface area contributed by atoms with E-state index in [1.807, 2.05) is 52.2 Å². The Hall–Kier alpha value is -3.11. The molecule has 2 aromatic heterocycles. The summed E-state index contributed by atoms with van der Waals surface area (Å²) in [5.41, 5.74) is 8.19. The number of hydrogen-bond donors (Lipinski definition) is 1. The largest absolute Gasteiger partial charge is 0.512 e. The van der Waals surface area contributed by atoms with E-state index in [4.69, 9.17) is 4.98 Å². The second-order valence-corrected chi connectivity index (χ2v) is 19.7. The number of rotatable bonds is 10. The van der Waals surface area contributed by atoms with Gasteiger partial charge in [0.2, 0.25) is 0 Å². The van der Waals surface area contributed by atoms with E-state index in [2.05, 4.69) is 94.4 Å². The van der Waals surface area contributed by atoms with Crippen LogP contribution in [0.3, 0.4) is 0 Å². The molecule has 2 fully saturated rings. The molecule has 2 aliphatic carbocycles. The topological polar surface area (TPSA) is 50.2 Å². The van der Waals surface area contributed by atoms with Crippen LogP contribution in [0.25, 0.3) is 42.6 Å². The van der Waals surface area contributed by atoms with Crippen LogP contribution >= 0.6 is 11.3 Å². The van der Waals surface area contributed by atoms with Crippen molar-refractivity contribution >= 4 is 38.0 Å². The molecular formula is C53H68IrNO2S-. The number of allylic oxidation sites excluding steroid dienone is 2. The van der Waals surface area contributed by atoms with Gasteiger partial charge in [0.15, 0.2) is 5.78 Å². The molecule has 5 aromatic rings. The van der Waals surface area contributed by atoms with Gasteiger partial charge in [-0.3, -0.25) is 9.78 Å². The number of pyridine rings is 1. The first-order chi connectivity index (χ1) is 27.3. The van der Waals surface area contributed by atoms with Gasteiger partial charge in [-0.15, -0.1) is 40.5 Å². The Morgan fingerprint density at radius 2 is 1.53 bits per heavy atom. The van der Waals surface area contributed by atoms with Gasteiger partial charge >= 0.3 is 0 Å². The van der Waals surface area contributed by atoms with Crippen LogP contribution in [0.15, 0.2) is 78.7 Å². The van der Waals surface area contributed by atoms with E-state index < -0.39 is 0 Å². The van der Waals surface area contributed by atoms with E-state index >= 15 is 0 Å². The standard InChI is InChI=1S/C39H42NS.C14H26O2.Ir/c1-26-32-18-23-40-35(31-24-30-10-6-7-11-33(30)34(25-31)38(2,3)4)37(32)41-36(26)29-14-12-27(13-15-29)28-16-21-39(22-17-28)19-8-5-9-20-39;1-6-11(7-2)12(15)10-13(16)14(5,8-3)9-4;/h6-7,10-15,18,23,25,28H,5,8-9,16-17,19-22H2,1-4H3;10-11,16H,6-9H2,1-5H3;/q-1;;/b;13-10-;. The fraction of sp³-hybridized carbons (Fsp3) is 0.509. The summed E-state index contributed by atoms with van der Waals surface area (Å²) in [6, 6.07) is 26.5. The summed E-state index contributed by atoms with van der Waals surface area (Å²) in [4.78, 5) is 18.2. The molecule has 2 aliphatic rings. The van der Waals surface area contributed by atoms with E-state index in [1.54, 1.807) is 5.56 Å². The molecule has 3 nitrogen and oxygen atoms in total. The molecule has 1 radical (unpaired) electrons. The fourth-order valence-electron chi connectivity index (χ4n) is 9.60. The van der Waals surface area contributed by atoms with Crippen molar-refractivity contribution in [3.8, 4) is 21.7 Å². The predicted octanol–water partition coefficient (Wildman–Crippen LogP) is 16.1. The van der Waals surface area contributed by atoms with E-state index in [-0.39, 0.29) is 48.4 Å². The smallest absolute Gasteiger partial charge is 0.162 e. The van der Waals surface area contributed by atoms with Gasteiger partial charge in [-0.05, 0) is 116 Å². The molecule has 7 rings (SSSR count). The number of aromatic nitrogens is 1. The number of carbonyl (C=O) groups excluding carboxylic acids is 1. The zero-order valence-corrected chi connectivity index (χ0v) is 40.0. The van der Waals surface area contributed by atoms with Crippen molar-refractivity contribution in [1.82, 2.24) is 4.98 Å². The zero-order chi connectivity index (χ0) is 41.0. The molecular weight excluding hydrogens is 907 g/mol. The molecule has 0 amide bonds. The van der Waals surface area contributed by atoms with Crippen LogP contribution in [-0.2, 0) is 30.3 Å². The molecule has 0 saturated heterocycles. The number of fused-ring (bicyclic) bond motifs is 2. The van der Waals surface area contributed by atoms with Gasteiger partial charge in [-0.25, -0.2) is 0 Å². The number of nitrogens with zero attached hydrogens (tertiary/aromatic N) is 1. The molecule has 3 aromatic carbocycles. The van der Waals surface area contributed by atoms with E-state index in [9.17, 15) is 9.90 Å². The quantitative estimate of drug-likeness (QED) is 0.0862. The summed E-state index contributed by atoms with van der Waals surface area (Å²) in [6.07, 6.45) is 19.8. The Labute approximate surface area is 367 Å². The zero-order valence-electron chi connectivity index (χ0n) is 36.8. The number of carbonyl (C=O) groups is 1. The van der Waals surface area contributed by atoms with Gasteiger partial charge in [0.25, 0.3) is 0 Å². The number of hydrogen-bond acceptors (Lipinski definition) is 4. The van der Waals surface area contributed by atoms with Gasteiger partial charge in [-0.1, -0.05) is 128 Å². The molecule has 58 heavy (non-hydrogen) atoms. The predicted molar refractivity (Wildman–Crippen MR) is 245 cm³/mol. The summed E-state index contributed by atoms with van der Waals surface area (Å²) in [6.45, 7) is 19.3. The first-order valence-corrected chi connectivity index (χ1v) is 23.0. The normalized spacial score (nSPS) is 16.3. The summed E-state index contributed by atoms with van der Waals surface area (Å²) >= 11 is 1.89. The van der Waals surface area contributed by atoms with Crippen molar-refractivity contribution in [3.05, 3.63) is 101 Å². The summed E-state index contributed by atoms with van der Waals surface area (Å²) < 4.78 is 1.26. The number of aryl methyl sites for hydroxylation is 1.